The van der Waals surface area contributed by atoms with E-state index < -0.39 is 15.8 Å². The van der Waals surface area contributed by atoms with Gasteiger partial charge in [-0.2, -0.15) is 4.31 Å². The van der Waals surface area contributed by atoms with Crippen LogP contribution in [0.15, 0.2) is 39.8 Å². The molecule has 0 amide bonds. The van der Waals surface area contributed by atoms with Crippen LogP contribution in [0.1, 0.15) is 30.3 Å². The topological polar surface area (TPSA) is 63.4 Å². The number of aryl methyl sites for hydroxylation is 1. The van der Waals surface area contributed by atoms with E-state index in [0.717, 1.165) is 12.5 Å². The number of rotatable bonds is 3. The molecule has 0 spiro atoms. The Morgan fingerprint density at radius 2 is 2.19 bits per heavy atom. The minimum Gasteiger partial charge on any atom is -0.361 e. The van der Waals surface area contributed by atoms with E-state index in [1.54, 1.807) is 13.0 Å². The average molecular weight is 310 g/mol. The molecule has 1 aliphatic rings. The van der Waals surface area contributed by atoms with E-state index in [2.05, 4.69) is 5.16 Å². The van der Waals surface area contributed by atoms with E-state index >= 15 is 0 Å². The molecule has 2 heterocycles. The molecule has 1 fully saturated rings. The van der Waals surface area contributed by atoms with Crippen molar-refractivity contribution in [2.24, 2.45) is 0 Å². The number of halogens is 1. The Bertz CT molecular complexity index is 757. The van der Waals surface area contributed by atoms with Crippen molar-refractivity contribution in [3.63, 3.8) is 0 Å². The molecule has 0 radical (unpaired) electrons. The molecule has 1 aromatic carbocycles. The Morgan fingerprint density at radius 1 is 1.38 bits per heavy atom. The standard InChI is InChI=1S/C14H15FN2O3S/c1-10-8-13(16-20-10)14-6-3-7-17(14)21(18,19)12-5-2-4-11(15)9-12/h2,4-5,8-9,14H,3,6-7H2,1H3. The fourth-order valence-electron chi connectivity index (χ4n) is 2.63. The first-order chi connectivity index (χ1) is 9.98. The molecule has 1 aliphatic heterocycles. The number of hydrogen-bond donors (Lipinski definition) is 0. The molecule has 0 N–H and O–H groups in total. The van der Waals surface area contributed by atoms with E-state index in [9.17, 15) is 12.8 Å². The minimum atomic E-state index is -3.74. The van der Waals surface area contributed by atoms with E-state index in [4.69, 9.17) is 4.52 Å². The largest absolute Gasteiger partial charge is 0.361 e. The molecule has 0 aliphatic carbocycles. The third-order valence-corrected chi connectivity index (χ3v) is 5.50. The fraction of sp³-hybridized carbons (Fsp3) is 0.357. The van der Waals surface area contributed by atoms with Gasteiger partial charge in [-0.05, 0) is 38.0 Å². The summed E-state index contributed by atoms with van der Waals surface area (Å²) in [5.41, 5.74) is 0.602. The van der Waals surface area contributed by atoms with Gasteiger partial charge in [0.15, 0.2) is 0 Å². The van der Waals surface area contributed by atoms with Crippen LogP contribution in [0.3, 0.4) is 0 Å². The Morgan fingerprint density at radius 3 is 2.86 bits per heavy atom. The van der Waals surface area contributed by atoms with Gasteiger partial charge in [-0.25, -0.2) is 12.8 Å². The number of nitrogens with zero attached hydrogens (tertiary/aromatic N) is 2. The molecule has 1 aromatic heterocycles. The van der Waals surface area contributed by atoms with Crippen molar-refractivity contribution in [3.8, 4) is 0 Å². The van der Waals surface area contributed by atoms with Crippen molar-refractivity contribution in [2.45, 2.75) is 30.7 Å². The maximum absolute atomic E-state index is 13.3. The lowest BCUT2D eigenvalue weighted by Crippen LogP contribution is -2.30. The molecule has 1 saturated heterocycles. The first-order valence-electron chi connectivity index (χ1n) is 6.69. The van der Waals surface area contributed by atoms with Crippen molar-refractivity contribution in [1.29, 1.82) is 0 Å². The summed E-state index contributed by atoms with van der Waals surface area (Å²) in [4.78, 5) is -0.0328. The molecule has 21 heavy (non-hydrogen) atoms. The lowest BCUT2D eigenvalue weighted by atomic mass is 10.1. The molecule has 3 rings (SSSR count). The van der Waals surface area contributed by atoms with Crippen LogP contribution in [-0.4, -0.2) is 24.4 Å². The van der Waals surface area contributed by atoms with Gasteiger partial charge in [0.05, 0.1) is 10.9 Å². The molecule has 2 aromatic rings. The summed E-state index contributed by atoms with van der Waals surface area (Å²) in [6, 6.07) is 6.45. The summed E-state index contributed by atoms with van der Waals surface area (Å²) in [6.45, 7) is 2.16. The van der Waals surface area contributed by atoms with Gasteiger partial charge in [-0.1, -0.05) is 11.2 Å². The van der Waals surface area contributed by atoms with Gasteiger partial charge in [0.25, 0.3) is 0 Å². The summed E-state index contributed by atoms with van der Waals surface area (Å²) in [6.07, 6.45) is 1.42. The SMILES string of the molecule is Cc1cc(C2CCCN2S(=O)(=O)c2cccc(F)c2)no1. The zero-order valence-electron chi connectivity index (χ0n) is 11.5. The molecule has 1 unspecified atom stereocenters. The summed E-state index contributed by atoms with van der Waals surface area (Å²) in [5.74, 6) is 0.0732. The molecule has 112 valence electrons. The Balaban J connectivity index is 1.98. The van der Waals surface area contributed by atoms with Gasteiger partial charge >= 0.3 is 0 Å². The molecule has 5 nitrogen and oxygen atoms in total. The lowest BCUT2D eigenvalue weighted by molar-refractivity contribution is 0.349. The van der Waals surface area contributed by atoms with Crippen molar-refractivity contribution in [3.05, 3.63) is 47.6 Å². The highest BCUT2D eigenvalue weighted by Crippen LogP contribution is 2.36. The van der Waals surface area contributed by atoms with Crippen LogP contribution in [0.25, 0.3) is 0 Å². The van der Waals surface area contributed by atoms with Crippen molar-refractivity contribution >= 4 is 10.0 Å². The first-order valence-corrected chi connectivity index (χ1v) is 8.13. The van der Waals surface area contributed by atoms with Crippen LogP contribution < -0.4 is 0 Å². The predicted octanol–water partition coefficient (Wildman–Crippen LogP) is 2.65. The Kier molecular flexibility index (Phi) is 3.54. The smallest absolute Gasteiger partial charge is 0.243 e. The maximum atomic E-state index is 13.3. The predicted molar refractivity (Wildman–Crippen MR) is 73.5 cm³/mol. The van der Waals surface area contributed by atoms with Crippen LogP contribution in [-0.2, 0) is 10.0 Å². The highest BCUT2D eigenvalue weighted by Gasteiger charge is 2.37. The van der Waals surface area contributed by atoms with Gasteiger partial charge < -0.3 is 4.52 Å². The van der Waals surface area contributed by atoms with Crippen LogP contribution >= 0.6 is 0 Å². The highest BCUT2D eigenvalue weighted by atomic mass is 32.2. The van der Waals surface area contributed by atoms with Gasteiger partial charge in [0.2, 0.25) is 10.0 Å². The second-order valence-corrected chi connectivity index (χ2v) is 6.98. The van der Waals surface area contributed by atoms with E-state index in [1.807, 2.05) is 0 Å². The van der Waals surface area contributed by atoms with Crippen molar-refractivity contribution in [2.75, 3.05) is 6.54 Å². The molecule has 0 saturated carbocycles. The number of hydrogen-bond acceptors (Lipinski definition) is 4. The van der Waals surface area contributed by atoms with Crippen molar-refractivity contribution in [1.82, 2.24) is 9.46 Å². The number of sulfonamides is 1. The van der Waals surface area contributed by atoms with Crippen LogP contribution in [0.4, 0.5) is 4.39 Å². The molecular formula is C14H15FN2O3S. The quantitative estimate of drug-likeness (QED) is 0.874. The van der Waals surface area contributed by atoms with Gasteiger partial charge in [-0.15, -0.1) is 0 Å². The molecule has 7 heteroatoms. The monoisotopic (exact) mass is 310 g/mol. The second kappa shape index (κ2) is 5.23. The third kappa shape index (κ3) is 2.58. The highest BCUT2D eigenvalue weighted by molar-refractivity contribution is 7.89. The van der Waals surface area contributed by atoms with Crippen LogP contribution in [0.2, 0.25) is 0 Å². The molecule has 0 bridgehead atoms. The normalized spacial score (nSPS) is 20.0. The summed E-state index contributed by atoms with van der Waals surface area (Å²) in [7, 11) is -3.74. The fourth-order valence-corrected chi connectivity index (χ4v) is 4.33. The summed E-state index contributed by atoms with van der Waals surface area (Å²) >= 11 is 0. The van der Waals surface area contributed by atoms with E-state index in [0.29, 0.717) is 24.4 Å². The van der Waals surface area contributed by atoms with Gasteiger partial charge in [0.1, 0.15) is 17.3 Å². The average Bonchev–Trinajstić information content (AvgIpc) is 3.07. The number of aromatic nitrogens is 1. The van der Waals surface area contributed by atoms with Crippen LogP contribution in [0.5, 0.6) is 0 Å². The molecule has 1 atom stereocenters. The summed E-state index contributed by atoms with van der Waals surface area (Å²) < 4.78 is 45.1. The minimum absolute atomic E-state index is 0.0328. The van der Waals surface area contributed by atoms with E-state index in [1.165, 1.54) is 22.5 Å². The Labute approximate surface area is 122 Å². The Hall–Kier alpha value is -1.73. The van der Waals surface area contributed by atoms with Crippen LogP contribution in [0, 0.1) is 12.7 Å². The van der Waals surface area contributed by atoms with Gasteiger partial charge in [-0.3, -0.25) is 0 Å². The second-order valence-electron chi connectivity index (χ2n) is 5.09. The van der Waals surface area contributed by atoms with Crippen molar-refractivity contribution < 1.29 is 17.3 Å². The molecular weight excluding hydrogens is 295 g/mol. The number of benzene rings is 1. The maximum Gasteiger partial charge on any atom is 0.243 e. The summed E-state index contributed by atoms with van der Waals surface area (Å²) in [5, 5.41) is 3.92. The van der Waals surface area contributed by atoms with E-state index in [-0.39, 0.29) is 10.9 Å². The first kappa shape index (κ1) is 14.2. The zero-order chi connectivity index (χ0) is 15.0. The third-order valence-electron chi connectivity index (χ3n) is 3.59. The lowest BCUT2D eigenvalue weighted by Gasteiger charge is -2.22. The van der Waals surface area contributed by atoms with Gasteiger partial charge in [0, 0.05) is 12.6 Å². The zero-order valence-corrected chi connectivity index (χ0v) is 12.3.